The summed E-state index contributed by atoms with van der Waals surface area (Å²) in [5.41, 5.74) is 1.55. The summed E-state index contributed by atoms with van der Waals surface area (Å²) in [4.78, 5) is 19.1. The fourth-order valence-corrected chi connectivity index (χ4v) is 1.26. The second-order valence-electron chi connectivity index (χ2n) is 3.19. The molecule has 0 aliphatic heterocycles. The average Bonchev–Trinajstić information content (AvgIpc) is 2.87. The van der Waals surface area contributed by atoms with Crippen molar-refractivity contribution in [1.82, 2.24) is 19.7 Å². The van der Waals surface area contributed by atoms with Gasteiger partial charge in [0.05, 0.1) is 30.9 Å². The molecular formula is C10H11N5O2. The molecule has 0 atom stereocenters. The predicted octanol–water partition coefficient (Wildman–Crippen LogP) is 0.491. The Morgan fingerprint density at radius 2 is 2.29 bits per heavy atom. The van der Waals surface area contributed by atoms with Crippen LogP contribution in [0, 0.1) is 0 Å². The fraction of sp³-hybridized carbons (Fsp3) is 0.200. The summed E-state index contributed by atoms with van der Waals surface area (Å²) in [5.74, 6) is -0.552. The van der Waals surface area contributed by atoms with Crippen molar-refractivity contribution in [3.8, 4) is 5.69 Å². The van der Waals surface area contributed by atoms with Crippen molar-refractivity contribution in [3.05, 3.63) is 30.6 Å². The highest BCUT2D eigenvalue weighted by Gasteiger charge is 2.12. The second-order valence-corrected chi connectivity index (χ2v) is 3.19. The summed E-state index contributed by atoms with van der Waals surface area (Å²) in [6.07, 6.45) is 4.74. The van der Waals surface area contributed by atoms with Crippen molar-refractivity contribution in [2.75, 3.05) is 19.5 Å². The molecule has 2 rings (SSSR count). The van der Waals surface area contributed by atoms with Gasteiger partial charge in [-0.2, -0.15) is 0 Å². The van der Waals surface area contributed by atoms with E-state index >= 15 is 0 Å². The van der Waals surface area contributed by atoms with Gasteiger partial charge in [0.25, 0.3) is 5.82 Å². The zero-order valence-electron chi connectivity index (χ0n) is 9.41. The van der Waals surface area contributed by atoms with Gasteiger partial charge < -0.3 is 10.1 Å². The molecule has 7 heteroatoms. The first-order valence-electron chi connectivity index (χ1n) is 4.87. The van der Waals surface area contributed by atoms with Crippen LogP contribution in [0.3, 0.4) is 0 Å². The summed E-state index contributed by atoms with van der Waals surface area (Å²) >= 11 is 0. The van der Waals surface area contributed by atoms with Crippen LogP contribution >= 0.6 is 0 Å². The van der Waals surface area contributed by atoms with Crippen LogP contribution in [0.5, 0.6) is 0 Å². The van der Waals surface area contributed by atoms with Crippen molar-refractivity contribution in [3.63, 3.8) is 0 Å². The van der Waals surface area contributed by atoms with Crippen molar-refractivity contribution >= 4 is 11.7 Å². The SMILES string of the molecule is CNc1cncc(-n2cnc(C(=O)OC)n2)c1. The number of nitrogens with zero attached hydrogens (tertiary/aromatic N) is 4. The van der Waals surface area contributed by atoms with Crippen LogP contribution < -0.4 is 5.32 Å². The molecule has 7 nitrogen and oxygen atoms in total. The number of nitrogens with one attached hydrogen (secondary N) is 1. The maximum Gasteiger partial charge on any atom is 0.377 e. The molecule has 1 N–H and O–H groups in total. The highest BCUT2D eigenvalue weighted by Crippen LogP contribution is 2.11. The molecule has 0 fully saturated rings. The first kappa shape index (κ1) is 11.1. The van der Waals surface area contributed by atoms with Crippen LogP contribution in [-0.4, -0.2) is 39.9 Å². The minimum atomic E-state index is -0.568. The van der Waals surface area contributed by atoms with E-state index in [1.807, 2.05) is 6.07 Å². The number of aromatic nitrogens is 4. The van der Waals surface area contributed by atoms with Gasteiger partial charge in [-0.1, -0.05) is 0 Å². The molecule has 0 aliphatic rings. The second kappa shape index (κ2) is 4.60. The molecule has 2 aromatic heterocycles. The van der Waals surface area contributed by atoms with Crippen LogP contribution in [-0.2, 0) is 4.74 Å². The minimum absolute atomic E-state index is 0.0161. The predicted molar refractivity (Wildman–Crippen MR) is 60.0 cm³/mol. The van der Waals surface area contributed by atoms with E-state index in [9.17, 15) is 4.79 Å². The van der Waals surface area contributed by atoms with E-state index in [1.54, 1.807) is 19.4 Å². The molecule has 0 radical (unpaired) electrons. The standard InChI is InChI=1S/C10H11N5O2/c1-11-7-3-8(5-12-4-7)15-6-13-9(14-15)10(16)17-2/h3-6,11H,1-2H3. The molecule has 0 aromatic carbocycles. The summed E-state index contributed by atoms with van der Waals surface area (Å²) in [7, 11) is 3.08. The van der Waals surface area contributed by atoms with Gasteiger partial charge in [-0.05, 0) is 6.07 Å². The van der Waals surface area contributed by atoms with Gasteiger partial charge in [-0.3, -0.25) is 4.98 Å². The van der Waals surface area contributed by atoms with Crippen LogP contribution in [0.2, 0.25) is 0 Å². The molecule has 0 saturated carbocycles. The highest BCUT2D eigenvalue weighted by atomic mass is 16.5. The van der Waals surface area contributed by atoms with Crippen molar-refractivity contribution < 1.29 is 9.53 Å². The number of pyridine rings is 1. The van der Waals surface area contributed by atoms with Crippen molar-refractivity contribution in [1.29, 1.82) is 0 Å². The maximum atomic E-state index is 11.2. The summed E-state index contributed by atoms with van der Waals surface area (Å²) in [5, 5.41) is 6.95. The van der Waals surface area contributed by atoms with E-state index < -0.39 is 5.97 Å². The Balaban J connectivity index is 2.33. The third kappa shape index (κ3) is 2.22. The number of methoxy groups -OCH3 is 1. The Kier molecular flexibility index (Phi) is 2.99. The Bertz CT molecular complexity index is 537. The van der Waals surface area contributed by atoms with E-state index in [0.29, 0.717) is 5.69 Å². The lowest BCUT2D eigenvalue weighted by atomic mass is 10.4. The quantitative estimate of drug-likeness (QED) is 0.777. The van der Waals surface area contributed by atoms with E-state index in [-0.39, 0.29) is 5.82 Å². The Hall–Kier alpha value is -2.44. The number of carbonyl (C=O) groups excluding carboxylic acids is 1. The molecule has 17 heavy (non-hydrogen) atoms. The molecule has 0 bridgehead atoms. The molecule has 2 heterocycles. The van der Waals surface area contributed by atoms with E-state index in [1.165, 1.54) is 18.1 Å². The smallest absolute Gasteiger partial charge is 0.377 e. The molecule has 88 valence electrons. The number of carbonyl (C=O) groups is 1. The number of anilines is 1. The van der Waals surface area contributed by atoms with Crippen LogP contribution in [0.1, 0.15) is 10.6 Å². The molecule has 0 unspecified atom stereocenters. The Morgan fingerprint density at radius 1 is 1.47 bits per heavy atom. The summed E-state index contributed by atoms with van der Waals surface area (Å²) in [6.45, 7) is 0. The Morgan fingerprint density at radius 3 is 3.00 bits per heavy atom. The molecular weight excluding hydrogens is 222 g/mol. The fourth-order valence-electron chi connectivity index (χ4n) is 1.26. The molecule has 2 aromatic rings. The zero-order chi connectivity index (χ0) is 12.3. The number of hydrogen-bond acceptors (Lipinski definition) is 6. The molecule has 0 spiro atoms. The normalized spacial score (nSPS) is 10.0. The minimum Gasteiger partial charge on any atom is -0.463 e. The molecule has 0 aliphatic carbocycles. The van der Waals surface area contributed by atoms with Gasteiger partial charge in [0.15, 0.2) is 0 Å². The van der Waals surface area contributed by atoms with Crippen LogP contribution in [0.15, 0.2) is 24.8 Å². The van der Waals surface area contributed by atoms with E-state index in [4.69, 9.17) is 0 Å². The molecule has 0 saturated heterocycles. The monoisotopic (exact) mass is 233 g/mol. The number of esters is 1. The number of rotatable bonds is 3. The lowest BCUT2D eigenvalue weighted by Gasteiger charge is -2.02. The van der Waals surface area contributed by atoms with E-state index in [0.717, 1.165) is 5.69 Å². The largest absolute Gasteiger partial charge is 0.463 e. The van der Waals surface area contributed by atoms with Gasteiger partial charge in [-0.25, -0.2) is 14.5 Å². The van der Waals surface area contributed by atoms with Gasteiger partial charge in [0, 0.05) is 7.05 Å². The lowest BCUT2D eigenvalue weighted by molar-refractivity contribution is 0.0587. The number of ether oxygens (including phenoxy) is 1. The van der Waals surface area contributed by atoms with Gasteiger partial charge in [0.2, 0.25) is 0 Å². The molecule has 0 amide bonds. The third-order valence-corrected chi connectivity index (χ3v) is 2.14. The van der Waals surface area contributed by atoms with Gasteiger partial charge in [-0.15, -0.1) is 5.10 Å². The first-order valence-corrected chi connectivity index (χ1v) is 4.87. The number of hydrogen-bond donors (Lipinski definition) is 1. The lowest BCUT2D eigenvalue weighted by Crippen LogP contribution is -2.05. The summed E-state index contributed by atoms with van der Waals surface area (Å²) in [6, 6.07) is 1.84. The topological polar surface area (TPSA) is 81.9 Å². The van der Waals surface area contributed by atoms with Crippen molar-refractivity contribution in [2.24, 2.45) is 0 Å². The summed E-state index contributed by atoms with van der Waals surface area (Å²) < 4.78 is 5.98. The first-order chi connectivity index (χ1) is 8.24. The third-order valence-electron chi connectivity index (χ3n) is 2.14. The van der Waals surface area contributed by atoms with Gasteiger partial charge in [0.1, 0.15) is 6.33 Å². The maximum absolute atomic E-state index is 11.2. The zero-order valence-corrected chi connectivity index (χ0v) is 9.41. The van der Waals surface area contributed by atoms with Crippen molar-refractivity contribution in [2.45, 2.75) is 0 Å². The van der Waals surface area contributed by atoms with Crippen LogP contribution in [0.4, 0.5) is 5.69 Å². The Labute approximate surface area is 97.5 Å². The van der Waals surface area contributed by atoms with Gasteiger partial charge >= 0.3 is 5.97 Å². The van der Waals surface area contributed by atoms with E-state index in [2.05, 4.69) is 25.1 Å². The van der Waals surface area contributed by atoms with Crippen LogP contribution in [0.25, 0.3) is 5.69 Å². The highest BCUT2D eigenvalue weighted by molar-refractivity contribution is 5.84. The average molecular weight is 233 g/mol.